The number of amides is 1. The van der Waals surface area contributed by atoms with E-state index in [-0.39, 0.29) is 24.2 Å². The van der Waals surface area contributed by atoms with Crippen LogP contribution in [-0.4, -0.2) is 19.0 Å². The summed E-state index contributed by atoms with van der Waals surface area (Å²) in [6.45, 7) is 2.13. The van der Waals surface area contributed by atoms with E-state index in [1.54, 1.807) is 0 Å². The molecule has 1 saturated carbocycles. The molecule has 1 aliphatic carbocycles. The normalized spacial score (nSPS) is 23.5. The molecule has 5 heteroatoms. The van der Waals surface area contributed by atoms with Crippen molar-refractivity contribution in [2.24, 2.45) is 11.3 Å². The molecule has 1 aliphatic heterocycles. The van der Waals surface area contributed by atoms with Crippen LogP contribution in [-0.2, 0) is 4.79 Å². The molecule has 1 heterocycles. The van der Waals surface area contributed by atoms with Crippen LogP contribution < -0.4 is 10.6 Å². The SMILES string of the molecule is Cl.O=C(Nc1cccc(I)c1)C1CC12CCNCC2. The average molecular weight is 393 g/mol. The quantitative estimate of drug-likeness (QED) is 0.760. The molecule has 3 nitrogen and oxygen atoms in total. The highest BCUT2D eigenvalue weighted by Gasteiger charge is 2.57. The molecule has 1 spiro atoms. The third-order valence-corrected chi connectivity index (χ3v) is 4.87. The molecule has 1 atom stereocenters. The van der Waals surface area contributed by atoms with Crippen molar-refractivity contribution in [2.45, 2.75) is 19.3 Å². The summed E-state index contributed by atoms with van der Waals surface area (Å²) in [5.74, 6) is 0.441. The first-order valence-electron chi connectivity index (χ1n) is 6.47. The molecular formula is C14H18ClIN2O. The average Bonchev–Trinajstić information content (AvgIpc) is 3.04. The maximum Gasteiger partial charge on any atom is 0.228 e. The number of hydrogen-bond acceptors (Lipinski definition) is 2. The number of carbonyl (C=O) groups is 1. The van der Waals surface area contributed by atoms with Gasteiger partial charge in [0.15, 0.2) is 0 Å². The van der Waals surface area contributed by atoms with Gasteiger partial charge in [-0.3, -0.25) is 4.79 Å². The molecule has 3 rings (SSSR count). The second-order valence-corrected chi connectivity index (χ2v) is 6.61. The lowest BCUT2D eigenvalue weighted by Crippen LogP contribution is -2.31. The zero-order valence-corrected chi connectivity index (χ0v) is 13.6. The molecule has 0 bridgehead atoms. The summed E-state index contributed by atoms with van der Waals surface area (Å²) in [7, 11) is 0. The largest absolute Gasteiger partial charge is 0.326 e. The van der Waals surface area contributed by atoms with Crippen LogP contribution in [0.1, 0.15) is 19.3 Å². The Morgan fingerprint density at radius 3 is 2.79 bits per heavy atom. The zero-order valence-electron chi connectivity index (χ0n) is 10.6. The van der Waals surface area contributed by atoms with Crippen molar-refractivity contribution >= 4 is 46.6 Å². The van der Waals surface area contributed by atoms with Crippen LogP contribution in [0.3, 0.4) is 0 Å². The lowest BCUT2D eigenvalue weighted by molar-refractivity contribution is -0.118. The van der Waals surface area contributed by atoms with Gasteiger partial charge in [0.25, 0.3) is 0 Å². The van der Waals surface area contributed by atoms with Crippen molar-refractivity contribution in [1.29, 1.82) is 0 Å². The molecule has 0 aromatic heterocycles. The predicted octanol–water partition coefficient (Wildman–Crippen LogP) is 3.04. The van der Waals surface area contributed by atoms with Gasteiger partial charge in [0, 0.05) is 15.2 Å². The molecule has 2 aliphatic rings. The molecule has 1 unspecified atom stereocenters. The number of halogens is 2. The third-order valence-electron chi connectivity index (χ3n) is 4.20. The zero-order chi connectivity index (χ0) is 12.6. The van der Waals surface area contributed by atoms with Gasteiger partial charge in [0.1, 0.15) is 0 Å². The molecular weight excluding hydrogens is 375 g/mol. The van der Waals surface area contributed by atoms with Crippen molar-refractivity contribution < 1.29 is 4.79 Å². The summed E-state index contributed by atoms with van der Waals surface area (Å²) in [5.41, 5.74) is 1.24. The monoisotopic (exact) mass is 392 g/mol. The Morgan fingerprint density at radius 1 is 1.37 bits per heavy atom. The highest BCUT2D eigenvalue weighted by atomic mass is 127. The second-order valence-electron chi connectivity index (χ2n) is 5.37. The minimum Gasteiger partial charge on any atom is -0.326 e. The van der Waals surface area contributed by atoms with E-state index >= 15 is 0 Å². The Morgan fingerprint density at radius 2 is 2.11 bits per heavy atom. The lowest BCUT2D eigenvalue weighted by Gasteiger charge is -2.23. The fraction of sp³-hybridized carbons (Fsp3) is 0.500. The number of rotatable bonds is 2. The Hall–Kier alpha value is -0.330. The minimum atomic E-state index is 0. The van der Waals surface area contributed by atoms with Crippen LogP contribution in [0.25, 0.3) is 0 Å². The smallest absolute Gasteiger partial charge is 0.228 e. The van der Waals surface area contributed by atoms with E-state index in [0.717, 1.165) is 41.6 Å². The molecule has 104 valence electrons. The maximum atomic E-state index is 12.2. The van der Waals surface area contributed by atoms with Gasteiger partial charge < -0.3 is 10.6 Å². The van der Waals surface area contributed by atoms with Gasteiger partial charge in [0.05, 0.1) is 0 Å². The van der Waals surface area contributed by atoms with Crippen molar-refractivity contribution in [3.8, 4) is 0 Å². The van der Waals surface area contributed by atoms with Gasteiger partial charge in [-0.15, -0.1) is 12.4 Å². The van der Waals surface area contributed by atoms with Crippen LogP contribution in [0, 0.1) is 14.9 Å². The number of nitrogens with one attached hydrogen (secondary N) is 2. The predicted molar refractivity (Wildman–Crippen MR) is 87.7 cm³/mol. The first-order chi connectivity index (χ1) is 8.70. The Labute approximate surface area is 133 Å². The summed E-state index contributed by atoms with van der Waals surface area (Å²) < 4.78 is 1.15. The highest BCUT2D eigenvalue weighted by molar-refractivity contribution is 14.1. The van der Waals surface area contributed by atoms with Gasteiger partial charge >= 0.3 is 0 Å². The molecule has 1 amide bonds. The number of benzene rings is 1. The summed E-state index contributed by atoms with van der Waals surface area (Å²) in [4.78, 5) is 12.2. The van der Waals surface area contributed by atoms with Gasteiger partial charge in [-0.25, -0.2) is 0 Å². The maximum absolute atomic E-state index is 12.2. The number of hydrogen-bond donors (Lipinski definition) is 2. The Kier molecular flexibility index (Phi) is 4.74. The Balaban J connectivity index is 0.00000133. The van der Waals surface area contributed by atoms with Gasteiger partial charge in [-0.2, -0.15) is 0 Å². The van der Waals surface area contributed by atoms with E-state index in [0.29, 0.717) is 5.41 Å². The minimum absolute atomic E-state index is 0. The molecule has 2 N–H and O–H groups in total. The van der Waals surface area contributed by atoms with E-state index in [2.05, 4.69) is 33.2 Å². The van der Waals surface area contributed by atoms with Gasteiger partial charge in [-0.1, -0.05) is 6.07 Å². The van der Waals surface area contributed by atoms with Crippen molar-refractivity contribution in [1.82, 2.24) is 5.32 Å². The standard InChI is InChI=1S/C14H17IN2O.ClH/c15-10-2-1-3-11(8-10)17-13(18)12-9-14(12)4-6-16-7-5-14;/h1-3,8,12,16H,4-7,9H2,(H,17,18);1H. The van der Waals surface area contributed by atoms with E-state index in [1.807, 2.05) is 24.3 Å². The fourth-order valence-electron chi connectivity index (χ4n) is 2.99. The first-order valence-corrected chi connectivity index (χ1v) is 7.55. The van der Waals surface area contributed by atoms with Gasteiger partial charge in [-0.05, 0) is 78.6 Å². The summed E-state index contributed by atoms with van der Waals surface area (Å²) >= 11 is 2.26. The summed E-state index contributed by atoms with van der Waals surface area (Å²) in [6.07, 6.45) is 3.37. The molecule has 1 aromatic rings. The molecule has 1 aromatic carbocycles. The van der Waals surface area contributed by atoms with Crippen LogP contribution >= 0.6 is 35.0 Å². The van der Waals surface area contributed by atoms with E-state index in [9.17, 15) is 4.79 Å². The van der Waals surface area contributed by atoms with Crippen molar-refractivity contribution in [3.63, 3.8) is 0 Å². The highest BCUT2D eigenvalue weighted by Crippen LogP contribution is 2.58. The molecule has 19 heavy (non-hydrogen) atoms. The Bertz CT molecular complexity index is 474. The lowest BCUT2D eigenvalue weighted by atomic mass is 9.92. The number of anilines is 1. The topological polar surface area (TPSA) is 41.1 Å². The van der Waals surface area contributed by atoms with E-state index in [4.69, 9.17) is 0 Å². The summed E-state index contributed by atoms with van der Waals surface area (Å²) in [5, 5.41) is 6.42. The van der Waals surface area contributed by atoms with Crippen molar-refractivity contribution in [2.75, 3.05) is 18.4 Å². The van der Waals surface area contributed by atoms with Gasteiger partial charge in [0.2, 0.25) is 5.91 Å². The number of carbonyl (C=O) groups excluding carboxylic acids is 1. The van der Waals surface area contributed by atoms with E-state index < -0.39 is 0 Å². The molecule has 0 radical (unpaired) electrons. The molecule has 1 saturated heterocycles. The third kappa shape index (κ3) is 3.23. The van der Waals surface area contributed by atoms with Crippen LogP contribution in [0.2, 0.25) is 0 Å². The molecule has 2 fully saturated rings. The van der Waals surface area contributed by atoms with Crippen LogP contribution in [0.5, 0.6) is 0 Å². The van der Waals surface area contributed by atoms with Crippen LogP contribution in [0.4, 0.5) is 5.69 Å². The number of piperidine rings is 1. The summed E-state index contributed by atoms with van der Waals surface area (Å²) in [6, 6.07) is 7.97. The van der Waals surface area contributed by atoms with Crippen LogP contribution in [0.15, 0.2) is 24.3 Å². The first kappa shape index (κ1) is 15.1. The van der Waals surface area contributed by atoms with Crippen molar-refractivity contribution in [3.05, 3.63) is 27.8 Å². The second kappa shape index (κ2) is 5.97. The fourth-order valence-corrected chi connectivity index (χ4v) is 3.53. The van der Waals surface area contributed by atoms with E-state index in [1.165, 1.54) is 0 Å².